The number of piperidine rings is 1. The van der Waals surface area contributed by atoms with Crippen LogP contribution >= 0.6 is 0 Å². The second-order valence-electron chi connectivity index (χ2n) is 6.45. The summed E-state index contributed by atoms with van der Waals surface area (Å²) in [4.78, 5) is 11.7. The van der Waals surface area contributed by atoms with Gasteiger partial charge in [0.1, 0.15) is 0 Å². The first-order chi connectivity index (χ1) is 11.3. The van der Waals surface area contributed by atoms with Gasteiger partial charge in [-0.25, -0.2) is 0 Å². The molecule has 1 N–H and O–H groups in total. The van der Waals surface area contributed by atoms with Gasteiger partial charge in [-0.15, -0.1) is 0 Å². The molecule has 0 aliphatic carbocycles. The molecule has 1 saturated heterocycles. The predicted molar refractivity (Wildman–Crippen MR) is 92.6 cm³/mol. The van der Waals surface area contributed by atoms with Gasteiger partial charge in [0.15, 0.2) is 0 Å². The lowest BCUT2D eigenvalue weighted by Crippen LogP contribution is -2.46. The summed E-state index contributed by atoms with van der Waals surface area (Å²) in [6.07, 6.45) is 1.67. The fourth-order valence-corrected chi connectivity index (χ4v) is 4.18. The Morgan fingerprint density at radius 2 is 1.88 bits per heavy atom. The van der Waals surface area contributed by atoms with E-state index in [1.807, 2.05) is 31.2 Å². The van der Waals surface area contributed by atoms with Crippen molar-refractivity contribution < 1.29 is 17.9 Å². The van der Waals surface area contributed by atoms with Crippen molar-refractivity contribution in [2.24, 2.45) is 5.92 Å². The van der Waals surface area contributed by atoms with Crippen LogP contribution in [0, 0.1) is 12.8 Å². The molecule has 0 bridgehead atoms. The molecule has 6 nitrogen and oxygen atoms in total. The number of carbonyl (C=O) groups is 1. The number of rotatable bonds is 6. The zero-order valence-electron chi connectivity index (χ0n) is 14.5. The first kappa shape index (κ1) is 18.9. The van der Waals surface area contributed by atoms with Gasteiger partial charge in [0.2, 0.25) is 0 Å². The molecule has 0 saturated carbocycles. The lowest BCUT2D eigenvalue weighted by molar-refractivity contribution is -0.141. The molecule has 1 aromatic carbocycles. The zero-order chi connectivity index (χ0) is 17.7. The zero-order valence-corrected chi connectivity index (χ0v) is 15.3. The van der Waals surface area contributed by atoms with Crippen molar-refractivity contribution in [1.82, 2.24) is 9.03 Å². The molecule has 0 aromatic heterocycles. The van der Waals surface area contributed by atoms with Gasteiger partial charge in [0.05, 0.1) is 19.6 Å². The fraction of sp³-hybridized carbons (Fsp3) is 0.588. The monoisotopic (exact) mass is 354 g/mol. The molecule has 1 aliphatic heterocycles. The number of hydrogen-bond acceptors (Lipinski definition) is 4. The lowest BCUT2D eigenvalue weighted by atomic mass is 10.0. The van der Waals surface area contributed by atoms with E-state index in [1.54, 1.807) is 0 Å². The maximum absolute atomic E-state index is 12.7. The van der Waals surface area contributed by atoms with Crippen molar-refractivity contribution in [3.63, 3.8) is 0 Å². The van der Waals surface area contributed by atoms with Gasteiger partial charge in [0.25, 0.3) is 10.2 Å². The van der Waals surface area contributed by atoms with E-state index in [-0.39, 0.29) is 6.42 Å². The summed E-state index contributed by atoms with van der Waals surface area (Å²) in [7, 11) is -2.34. The number of methoxy groups -OCH3 is 1. The van der Waals surface area contributed by atoms with Gasteiger partial charge < -0.3 is 4.74 Å². The van der Waals surface area contributed by atoms with E-state index in [2.05, 4.69) is 11.6 Å². The summed E-state index contributed by atoms with van der Waals surface area (Å²) in [5, 5.41) is 0. The van der Waals surface area contributed by atoms with E-state index < -0.39 is 22.2 Å². The molecular formula is C17H26N2O4S. The third kappa shape index (κ3) is 5.03. The highest BCUT2D eigenvalue weighted by Crippen LogP contribution is 2.23. The number of esters is 1. The molecule has 0 spiro atoms. The van der Waals surface area contributed by atoms with E-state index >= 15 is 0 Å². The fourth-order valence-electron chi connectivity index (χ4n) is 2.76. The molecule has 0 amide bonds. The molecule has 24 heavy (non-hydrogen) atoms. The maximum Gasteiger partial charge on any atom is 0.307 e. The Morgan fingerprint density at radius 3 is 2.42 bits per heavy atom. The molecule has 0 radical (unpaired) electrons. The van der Waals surface area contributed by atoms with Crippen LogP contribution in [0.1, 0.15) is 43.4 Å². The molecule has 1 atom stereocenters. The SMILES string of the molecule is COC(=O)CC(NS(=O)(=O)N1CCC(C)CC1)c1ccc(C)cc1. The molecular weight excluding hydrogens is 328 g/mol. The summed E-state index contributed by atoms with van der Waals surface area (Å²) in [6, 6.07) is 6.84. The van der Waals surface area contributed by atoms with Gasteiger partial charge in [-0.05, 0) is 31.2 Å². The van der Waals surface area contributed by atoms with Crippen molar-refractivity contribution >= 4 is 16.2 Å². The Labute approximate surface area is 144 Å². The van der Waals surface area contributed by atoms with Crippen LogP contribution in [0.25, 0.3) is 0 Å². The van der Waals surface area contributed by atoms with Gasteiger partial charge >= 0.3 is 5.97 Å². The Morgan fingerprint density at radius 1 is 1.29 bits per heavy atom. The number of ether oxygens (including phenoxy) is 1. The average molecular weight is 354 g/mol. The Kier molecular flexibility index (Phi) is 6.37. The van der Waals surface area contributed by atoms with Gasteiger partial charge in [-0.1, -0.05) is 36.8 Å². The molecule has 134 valence electrons. The van der Waals surface area contributed by atoms with Crippen molar-refractivity contribution in [2.45, 2.75) is 39.2 Å². The van der Waals surface area contributed by atoms with Crippen molar-refractivity contribution in [2.75, 3.05) is 20.2 Å². The van der Waals surface area contributed by atoms with Crippen LogP contribution in [0.2, 0.25) is 0 Å². The number of benzene rings is 1. The molecule has 1 fully saturated rings. The molecule has 1 heterocycles. The van der Waals surface area contributed by atoms with Crippen LogP contribution in [0.3, 0.4) is 0 Å². The predicted octanol–water partition coefficient (Wildman–Crippen LogP) is 2.17. The first-order valence-corrected chi connectivity index (χ1v) is 9.66. The smallest absolute Gasteiger partial charge is 0.307 e. The number of nitrogens with one attached hydrogen (secondary N) is 1. The van der Waals surface area contributed by atoms with E-state index in [0.717, 1.165) is 24.0 Å². The van der Waals surface area contributed by atoms with Crippen molar-refractivity contribution in [1.29, 1.82) is 0 Å². The first-order valence-electron chi connectivity index (χ1n) is 8.22. The standard InChI is InChI=1S/C17H26N2O4S/c1-13-4-6-15(7-5-13)16(12-17(20)23-3)18-24(21,22)19-10-8-14(2)9-11-19/h4-7,14,16,18H,8-12H2,1-3H3. The van der Waals surface area contributed by atoms with Gasteiger partial charge in [-0.3, -0.25) is 4.79 Å². The van der Waals surface area contributed by atoms with Gasteiger partial charge in [0, 0.05) is 13.1 Å². The maximum atomic E-state index is 12.7. The Bertz CT molecular complexity index is 650. The number of hydrogen-bond donors (Lipinski definition) is 1. The molecule has 7 heteroatoms. The van der Waals surface area contributed by atoms with Crippen molar-refractivity contribution in [3.8, 4) is 0 Å². The molecule has 1 unspecified atom stereocenters. The summed E-state index contributed by atoms with van der Waals surface area (Å²) in [5.74, 6) is 0.0926. The highest BCUT2D eigenvalue weighted by Gasteiger charge is 2.30. The van der Waals surface area contributed by atoms with Crippen LogP contribution in [0.5, 0.6) is 0 Å². The number of aryl methyl sites for hydroxylation is 1. The normalized spacial score (nSPS) is 18.3. The largest absolute Gasteiger partial charge is 0.469 e. The van der Waals surface area contributed by atoms with E-state index in [1.165, 1.54) is 11.4 Å². The second kappa shape index (κ2) is 8.09. The topological polar surface area (TPSA) is 75.7 Å². The summed E-state index contributed by atoms with van der Waals surface area (Å²) >= 11 is 0. The highest BCUT2D eigenvalue weighted by atomic mass is 32.2. The highest BCUT2D eigenvalue weighted by molar-refractivity contribution is 7.87. The summed E-state index contributed by atoms with van der Waals surface area (Å²) in [6.45, 7) is 5.10. The molecule has 1 aromatic rings. The Balaban J connectivity index is 2.17. The van der Waals surface area contributed by atoms with Crippen LogP contribution < -0.4 is 4.72 Å². The van der Waals surface area contributed by atoms with E-state index in [0.29, 0.717) is 19.0 Å². The Hall–Kier alpha value is -1.44. The summed E-state index contributed by atoms with van der Waals surface area (Å²) in [5.41, 5.74) is 1.82. The van der Waals surface area contributed by atoms with Crippen LogP contribution in [0.4, 0.5) is 0 Å². The van der Waals surface area contributed by atoms with E-state index in [4.69, 9.17) is 4.74 Å². The molecule has 2 rings (SSSR count). The number of nitrogens with zero attached hydrogens (tertiary/aromatic N) is 1. The average Bonchev–Trinajstić information content (AvgIpc) is 2.55. The van der Waals surface area contributed by atoms with Crippen LogP contribution in [0.15, 0.2) is 24.3 Å². The minimum absolute atomic E-state index is 0.0387. The molecule has 1 aliphatic rings. The van der Waals surface area contributed by atoms with Crippen LogP contribution in [-0.4, -0.2) is 38.9 Å². The third-order valence-electron chi connectivity index (χ3n) is 4.45. The number of carbonyl (C=O) groups excluding carboxylic acids is 1. The van der Waals surface area contributed by atoms with E-state index in [9.17, 15) is 13.2 Å². The van der Waals surface area contributed by atoms with Crippen LogP contribution in [-0.2, 0) is 19.7 Å². The van der Waals surface area contributed by atoms with Gasteiger partial charge in [-0.2, -0.15) is 17.4 Å². The minimum Gasteiger partial charge on any atom is -0.469 e. The summed E-state index contributed by atoms with van der Waals surface area (Å²) < 4.78 is 34.2. The minimum atomic E-state index is -3.64. The van der Waals surface area contributed by atoms with Crippen molar-refractivity contribution in [3.05, 3.63) is 35.4 Å². The third-order valence-corrected chi connectivity index (χ3v) is 6.08. The second-order valence-corrected chi connectivity index (χ2v) is 8.15. The quantitative estimate of drug-likeness (QED) is 0.795. The lowest BCUT2D eigenvalue weighted by Gasteiger charge is -2.31.